The number of pyridine rings is 1. The highest BCUT2D eigenvalue weighted by Gasteiger charge is 2.17. The Balaban J connectivity index is 1.56. The van der Waals surface area contributed by atoms with Crippen LogP contribution < -0.4 is 15.6 Å². The van der Waals surface area contributed by atoms with E-state index in [9.17, 15) is 4.79 Å². The van der Waals surface area contributed by atoms with Crippen LogP contribution in [0.1, 0.15) is 18.1 Å². The molecule has 7 nitrogen and oxygen atoms in total. The Morgan fingerprint density at radius 3 is 2.68 bits per heavy atom. The number of fused-ring (bicyclic) bond motifs is 1. The van der Waals surface area contributed by atoms with Gasteiger partial charge in [0.25, 0.3) is 5.56 Å². The number of H-pyrrole nitrogens is 1. The summed E-state index contributed by atoms with van der Waals surface area (Å²) in [7, 11) is 0. The predicted octanol–water partition coefficient (Wildman–Crippen LogP) is 3.77. The number of thiocarbonyl (C=S) groups is 1. The molecule has 0 spiro atoms. The lowest BCUT2D eigenvalue weighted by molar-refractivity contribution is 0.0358. The number of morpholine rings is 1. The summed E-state index contributed by atoms with van der Waals surface area (Å²) in [6.07, 6.45) is 0. The predicted molar refractivity (Wildman–Crippen MR) is 141 cm³/mol. The number of nitrogens with zero attached hydrogens (tertiary/aromatic N) is 2. The summed E-state index contributed by atoms with van der Waals surface area (Å²) in [4.78, 5) is 20.3. The van der Waals surface area contributed by atoms with E-state index in [1.165, 1.54) is 5.56 Å². The highest BCUT2D eigenvalue weighted by molar-refractivity contribution is 7.80. The molecule has 34 heavy (non-hydrogen) atoms. The number of hydrogen-bond acceptors (Lipinski definition) is 5. The van der Waals surface area contributed by atoms with Crippen molar-refractivity contribution in [3.05, 3.63) is 70.0 Å². The van der Waals surface area contributed by atoms with Crippen molar-refractivity contribution in [1.82, 2.24) is 14.8 Å². The molecule has 1 aliphatic rings. The third-order valence-corrected chi connectivity index (χ3v) is 6.30. The van der Waals surface area contributed by atoms with Gasteiger partial charge in [0, 0.05) is 48.3 Å². The molecule has 1 fully saturated rings. The second-order valence-electron chi connectivity index (χ2n) is 8.48. The van der Waals surface area contributed by atoms with Gasteiger partial charge in [0.1, 0.15) is 5.75 Å². The first-order valence-electron chi connectivity index (χ1n) is 11.7. The molecule has 0 saturated carbocycles. The molecule has 1 aromatic heterocycles. The third kappa shape index (κ3) is 6.34. The van der Waals surface area contributed by atoms with E-state index in [2.05, 4.69) is 27.0 Å². The maximum atomic E-state index is 12.9. The average molecular weight is 481 g/mol. The Kier molecular flexibility index (Phi) is 8.16. The number of aromatic amines is 1. The molecule has 0 amide bonds. The highest BCUT2D eigenvalue weighted by Crippen LogP contribution is 2.20. The molecule has 4 rings (SSSR count). The van der Waals surface area contributed by atoms with Gasteiger partial charge in [0.05, 0.1) is 26.4 Å². The number of nitrogens with one attached hydrogen (secondary N) is 2. The van der Waals surface area contributed by atoms with Crippen LogP contribution >= 0.6 is 12.2 Å². The number of hydrogen-bond donors (Lipinski definition) is 2. The maximum absolute atomic E-state index is 12.9. The molecule has 180 valence electrons. The van der Waals surface area contributed by atoms with Gasteiger partial charge in [-0.05, 0) is 62.5 Å². The normalized spacial score (nSPS) is 14.2. The quantitative estimate of drug-likeness (QED) is 0.476. The molecular formula is C26H32N4O3S. The monoisotopic (exact) mass is 480 g/mol. The van der Waals surface area contributed by atoms with E-state index in [0.29, 0.717) is 30.4 Å². The van der Waals surface area contributed by atoms with Crippen molar-refractivity contribution in [1.29, 1.82) is 0 Å². The van der Waals surface area contributed by atoms with Crippen LogP contribution in [0.4, 0.5) is 5.69 Å². The smallest absolute Gasteiger partial charge is 0.253 e. The summed E-state index contributed by atoms with van der Waals surface area (Å²) < 4.78 is 11.1. The standard InChI is InChI=1S/C26H32N4O3S/c1-3-33-23-8-9-24-20(17-23)16-21(25(31)28-24)18-30(11-10-29-12-14-32-15-13-29)26(34)27-22-6-4-19(2)5-7-22/h4-9,16-17H,3,10-15,18H2,1-2H3,(H,27,34)(H,28,31). The van der Waals surface area contributed by atoms with E-state index in [-0.39, 0.29) is 5.56 Å². The van der Waals surface area contributed by atoms with Crippen LogP contribution in [0.15, 0.2) is 53.3 Å². The molecule has 1 aliphatic heterocycles. The number of ether oxygens (including phenoxy) is 2. The molecule has 0 aliphatic carbocycles. The molecule has 2 N–H and O–H groups in total. The second-order valence-corrected chi connectivity index (χ2v) is 8.86. The molecule has 0 unspecified atom stereocenters. The summed E-state index contributed by atoms with van der Waals surface area (Å²) in [5.74, 6) is 0.786. The zero-order valence-corrected chi connectivity index (χ0v) is 20.6. The fraction of sp³-hybridized carbons (Fsp3) is 0.385. The van der Waals surface area contributed by atoms with Crippen molar-refractivity contribution < 1.29 is 9.47 Å². The van der Waals surface area contributed by atoms with Crippen molar-refractivity contribution >= 4 is 33.9 Å². The largest absolute Gasteiger partial charge is 0.494 e. The number of anilines is 1. The van der Waals surface area contributed by atoms with Crippen LogP contribution in [-0.2, 0) is 11.3 Å². The lowest BCUT2D eigenvalue weighted by atomic mass is 10.1. The van der Waals surface area contributed by atoms with Crippen LogP contribution in [-0.4, -0.2) is 65.9 Å². The minimum absolute atomic E-state index is 0.105. The zero-order valence-electron chi connectivity index (χ0n) is 19.8. The van der Waals surface area contributed by atoms with Crippen LogP contribution in [0.5, 0.6) is 5.75 Å². The first-order valence-corrected chi connectivity index (χ1v) is 12.1. The summed E-state index contributed by atoms with van der Waals surface area (Å²) >= 11 is 5.79. The molecule has 8 heteroatoms. The lowest BCUT2D eigenvalue weighted by Crippen LogP contribution is -2.44. The van der Waals surface area contributed by atoms with Crippen molar-refractivity contribution in [2.75, 3.05) is 51.3 Å². The van der Waals surface area contributed by atoms with E-state index in [1.54, 1.807) is 0 Å². The van der Waals surface area contributed by atoms with Gasteiger partial charge in [-0.25, -0.2) is 0 Å². The molecule has 0 radical (unpaired) electrons. The van der Waals surface area contributed by atoms with E-state index in [1.807, 2.05) is 55.5 Å². The van der Waals surface area contributed by atoms with Gasteiger partial charge in [-0.1, -0.05) is 17.7 Å². The van der Waals surface area contributed by atoms with Crippen LogP contribution in [0, 0.1) is 6.92 Å². The van der Waals surface area contributed by atoms with Gasteiger partial charge in [0.15, 0.2) is 5.11 Å². The summed E-state index contributed by atoms with van der Waals surface area (Å²) in [6.45, 7) is 9.87. The van der Waals surface area contributed by atoms with Gasteiger partial charge in [0.2, 0.25) is 0 Å². The molecule has 2 heterocycles. The zero-order chi connectivity index (χ0) is 23.9. The van der Waals surface area contributed by atoms with Gasteiger partial charge >= 0.3 is 0 Å². The van der Waals surface area contributed by atoms with Gasteiger partial charge < -0.3 is 24.7 Å². The number of aryl methyl sites for hydroxylation is 1. The Bertz CT molecular complexity index is 1170. The summed E-state index contributed by atoms with van der Waals surface area (Å²) in [5.41, 5.74) is 3.47. The maximum Gasteiger partial charge on any atom is 0.253 e. The topological polar surface area (TPSA) is 69.8 Å². The Labute approximate surface area is 205 Å². The molecule has 0 atom stereocenters. The average Bonchev–Trinajstić information content (AvgIpc) is 2.84. The fourth-order valence-electron chi connectivity index (χ4n) is 3.99. The van der Waals surface area contributed by atoms with E-state index >= 15 is 0 Å². The number of aromatic nitrogens is 1. The Morgan fingerprint density at radius 2 is 1.94 bits per heavy atom. The van der Waals surface area contributed by atoms with Crippen LogP contribution in [0.25, 0.3) is 10.9 Å². The SMILES string of the molecule is CCOc1ccc2[nH]c(=O)c(CN(CCN3CCOCC3)C(=S)Nc3ccc(C)cc3)cc2c1. The van der Waals surface area contributed by atoms with E-state index in [0.717, 1.165) is 55.2 Å². The van der Waals surface area contributed by atoms with Crippen molar-refractivity contribution in [2.24, 2.45) is 0 Å². The molecule has 2 aromatic carbocycles. The van der Waals surface area contributed by atoms with Crippen LogP contribution in [0.3, 0.4) is 0 Å². The van der Waals surface area contributed by atoms with Crippen LogP contribution in [0.2, 0.25) is 0 Å². The Morgan fingerprint density at radius 1 is 1.18 bits per heavy atom. The first-order chi connectivity index (χ1) is 16.5. The number of rotatable bonds is 8. The van der Waals surface area contributed by atoms with E-state index in [4.69, 9.17) is 21.7 Å². The Hall–Kier alpha value is -2.94. The third-order valence-electron chi connectivity index (χ3n) is 5.94. The highest BCUT2D eigenvalue weighted by atomic mass is 32.1. The minimum atomic E-state index is -0.105. The van der Waals surface area contributed by atoms with E-state index < -0.39 is 0 Å². The lowest BCUT2D eigenvalue weighted by Gasteiger charge is -2.31. The van der Waals surface area contributed by atoms with Crippen molar-refractivity contribution in [3.63, 3.8) is 0 Å². The van der Waals surface area contributed by atoms with Gasteiger partial charge in [-0.3, -0.25) is 9.69 Å². The van der Waals surface area contributed by atoms with Crippen molar-refractivity contribution in [3.8, 4) is 5.75 Å². The summed E-state index contributed by atoms with van der Waals surface area (Å²) in [5, 5.41) is 4.87. The molecule has 1 saturated heterocycles. The molecular weight excluding hydrogens is 448 g/mol. The molecule has 3 aromatic rings. The van der Waals surface area contributed by atoms with Gasteiger partial charge in [-0.15, -0.1) is 0 Å². The fourth-order valence-corrected chi connectivity index (χ4v) is 4.26. The first kappa shape index (κ1) is 24.2. The van der Waals surface area contributed by atoms with Crippen molar-refractivity contribution in [2.45, 2.75) is 20.4 Å². The number of benzene rings is 2. The van der Waals surface area contributed by atoms with Gasteiger partial charge in [-0.2, -0.15) is 0 Å². The summed E-state index contributed by atoms with van der Waals surface area (Å²) in [6, 6.07) is 15.8. The molecule has 0 bridgehead atoms. The second kappa shape index (κ2) is 11.5. The minimum Gasteiger partial charge on any atom is -0.494 e.